The third kappa shape index (κ3) is 2.36. The van der Waals surface area contributed by atoms with E-state index in [0.717, 1.165) is 25.9 Å². The van der Waals surface area contributed by atoms with Crippen LogP contribution in [0.2, 0.25) is 0 Å². The van der Waals surface area contributed by atoms with Crippen LogP contribution in [0, 0.1) is 11.7 Å². The van der Waals surface area contributed by atoms with E-state index in [-0.39, 0.29) is 11.9 Å². The number of nitrogens with one attached hydrogen (secondary N) is 1. The van der Waals surface area contributed by atoms with Gasteiger partial charge in [0.2, 0.25) is 0 Å². The Morgan fingerprint density at radius 2 is 1.93 bits per heavy atom. The zero-order chi connectivity index (χ0) is 10.7. The molecule has 1 fully saturated rings. The van der Waals surface area contributed by atoms with E-state index in [9.17, 15) is 4.39 Å². The number of rotatable bonds is 2. The Hall–Kier alpha value is -0.930. The van der Waals surface area contributed by atoms with Gasteiger partial charge in [-0.1, -0.05) is 18.2 Å². The summed E-state index contributed by atoms with van der Waals surface area (Å²) < 4.78 is 13.5. The molecule has 0 radical (unpaired) electrons. The van der Waals surface area contributed by atoms with Gasteiger partial charge in [-0.3, -0.25) is 0 Å². The maximum atomic E-state index is 13.5. The van der Waals surface area contributed by atoms with Crippen molar-refractivity contribution >= 4 is 0 Å². The summed E-state index contributed by atoms with van der Waals surface area (Å²) >= 11 is 0. The molecule has 1 saturated heterocycles. The van der Waals surface area contributed by atoms with Gasteiger partial charge in [-0.15, -0.1) is 0 Å². The van der Waals surface area contributed by atoms with Crippen LogP contribution in [0.25, 0.3) is 0 Å². The second-order valence-electron chi connectivity index (χ2n) is 4.13. The third-order valence-electron chi connectivity index (χ3n) is 3.16. The highest BCUT2D eigenvalue weighted by Crippen LogP contribution is 2.27. The first-order chi connectivity index (χ1) is 7.29. The molecule has 1 atom stereocenters. The second-order valence-corrected chi connectivity index (χ2v) is 4.13. The first-order valence-corrected chi connectivity index (χ1v) is 5.50. The largest absolute Gasteiger partial charge is 0.324 e. The lowest BCUT2D eigenvalue weighted by Crippen LogP contribution is -2.34. The Morgan fingerprint density at radius 1 is 1.27 bits per heavy atom. The fourth-order valence-electron chi connectivity index (χ4n) is 2.20. The van der Waals surface area contributed by atoms with E-state index in [2.05, 4.69) is 5.32 Å². The van der Waals surface area contributed by atoms with Gasteiger partial charge < -0.3 is 11.1 Å². The minimum absolute atomic E-state index is 0.159. The van der Waals surface area contributed by atoms with Crippen molar-refractivity contribution in [1.29, 1.82) is 0 Å². The standard InChI is InChI=1S/C12H17FN2/c13-11-4-2-1-3-10(11)12(14)9-5-7-15-8-6-9/h1-4,9,12,15H,5-8,14H2. The van der Waals surface area contributed by atoms with Crippen molar-refractivity contribution < 1.29 is 4.39 Å². The van der Waals surface area contributed by atoms with Crippen molar-refractivity contribution in [1.82, 2.24) is 5.32 Å². The molecule has 1 aliphatic heterocycles. The molecule has 1 aromatic carbocycles. The average molecular weight is 208 g/mol. The van der Waals surface area contributed by atoms with Crippen molar-refractivity contribution in [2.24, 2.45) is 11.7 Å². The van der Waals surface area contributed by atoms with Gasteiger partial charge >= 0.3 is 0 Å². The van der Waals surface area contributed by atoms with Gasteiger partial charge in [-0.2, -0.15) is 0 Å². The third-order valence-corrected chi connectivity index (χ3v) is 3.16. The molecule has 1 heterocycles. The summed E-state index contributed by atoms with van der Waals surface area (Å²) in [5.41, 5.74) is 6.76. The Balaban J connectivity index is 2.12. The van der Waals surface area contributed by atoms with E-state index in [1.165, 1.54) is 6.07 Å². The summed E-state index contributed by atoms with van der Waals surface area (Å²) in [6.07, 6.45) is 2.07. The van der Waals surface area contributed by atoms with Gasteiger partial charge in [0.25, 0.3) is 0 Å². The highest BCUT2D eigenvalue weighted by atomic mass is 19.1. The van der Waals surface area contributed by atoms with Crippen molar-refractivity contribution in [2.75, 3.05) is 13.1 Å². The van der Waals surface area contributed by atoms with E-state index in [0.29, 0.717) is 11.5 Å². The fourth-order valence-corrected chi connectivity index (χ4v) is 2.20. The van der Waals surface area contributed by atoms with Gasteiger partial charge in [0, 0.05) is 11.6 Å². The predicted octanol–water partition coefficient (Wildman–Crippen LogP) is 1.83. The minimum Gasteiger partial charge on any atom is -0.324 e. The lowest BCUT2D eigenvalue weighted by Gasteiger charge is -2.28. The van der Waals surface area contributed by atoms with Gasteiger partial charge in [0.05, 0.1) is 0 Å². The number of hydrogen-bond donors (Lipinski definition) is 2. The molecule has 3 heteroatoms. The maximum absolute atomic E-state index is 13.5. The van der Waals surface area contributed by atoms with Gasteiger partial charge in [0.15, 0.2) is 0 Å². The molecule has 1 aromatic rings. The summed E-state index contributed by atoms with van der Waals surface area (Å²) in [6, 6.07) is 6.67. The molecule has 0 aromatic heterocycles. The number of hydrogen-bond acceptors (Lipinski definition) is 2. The lowest BCUT2D eigenvalue weighted by molar-refractivity contribution is 0.317. The molecular formula is C12H17FN2. The summed E-state index contributed by atoms with van der Waals surface area (Å²) in [4.78, 5) is 0. The normalized spacial score (nSPS) is 20.1. The Kier molecular flexibility index (Phi) is 3.34. The minimum atomic E-state index is -0.177. The molecule has 82 valence electrons. The van der Waals surface area contributed by atoms with Crippen molar-refractivity contribution in [2.45, 2.75) is 18.9 Å². The summed E-state index contributed by atoms with van der Waals surface area (Å²) in [5.74, 6) is 0.228. The Morgan fingerprint density at radius 3 is 2.60 bits per heavy atom. The zero-order valence-corrected chi connectivity index (χ0v) is 8.75. The molecule has 3 N–H and O–H groups in total. The molecule has 1 unspecified atom stereocenters. The topological polar surface area (TPSA) is 38.0 Å². The van der Waals surface area contributed by atoms with E-state index in [1.54, 1.807) is 12.1 Å². The van der Waals surface area contributed by atoms with Crippen LogP contribution >= 0.6 is 0 Å². The summed E-state index contributed by atoms with van der Waals surface area (Å²) in [6.45, 7) is 1.99. The van der Waals surface area contributed by atoms with Crippen LogP contribution in [0.15, 0.2) is 24.3 Å². The molecule has 0 saturated carbocycles. The van der Waals surface area contributed by atoms with Crippen molar-refractivity contribution in [3.05, 3.63) is 35.6 Å². The fraction of sp³-hybridized carbons (Fsp3) is 0.500. The molecule has 2 nitrogen and oxygen atoms in total. The van der Waals surface area contributed by atoms with E-state index < -0.39 is 0 Å². The highest BCUT2D eigenvalue weighted by Gasteiger charge is 2.23. The maximum Gasteiger partial charge on any atom is 0.127 e. The SMILES string of the molecule is NC(c1ccccc1F)C1CCNCC1. The van der Waals surface area contributed by atoms with Crippen LogP contribution in [0.4, 0.5) is 4.39 Å². The predicted molar refractivity (Wildman–Crippen MR) is 58.9 cm³/mol. The molecule has 0 aliphatic carbocycles. The first kappa shape index (κ1) is 10.6. The van der Waals surface area contributed by atoms with E-state index in [4.69, 9.17) is 5.73 Å². The molecule has 0 spiro atoms. The van der Waals surface area contributed by atoms with Crippen LogP contribution in [-0.4, -0.2) is 13.1 Å². The zero-order valence-electron chi connectivity index (χ0n) is 8.75. The van der Waals surface area contributed by atoms with Crippen molar-refractivity contribution in [3.8, 4) is 0 Å². The first-order valence-electron chi connectivity index (χ1n) is 5.50. The molecule has 2 rings (SSSR count). The number of piperidine rings is 1. The van der Waals surface area contributed by atoms with Gasteiger partial charge in [-0.05, 0) is 37.9 Å². The van der Waals surface area contributed by atoms with Crippen LogP contribution in [-0.2, 0) is 0 Å². The second kappa shape index (κ2) is 4.73. The number of halogens is 1. The molecule has 0 amide bonds. The number of benzene rings is 1. The average Bonchev–Trinajstić information content (AvgIpc) is 2.30. The van der Waals surface area contributed by atoms with Crippen LogP contribution in [0.3, 0.4) is 0 Å². The van der Waals surface area contributed by atoms with Crippen LogP contribution < -0.4 is 11.1 Å². The molecule has 15 heavy (non-hydrogen) atoms. The van der Waals surface area contributed by atoms with Crippen molar-refractivity contribution in [3.63, 3.8) is 0 Å². The smallest absolute Gasteiger partial charge is 0.127 e. The lowest BCUT2D eigenvalue weighted by atomic mass is 9.86. The van der Waals surface area contributed by atoms with Gasteiger partial charge in [0.1, 0.15) is 5.82 Å². The monoisotopic (exact) mass is 208 g/mol. The quantitative estimate of drug-likeness (QED) is 0.778. The Bertz CT molecular complexity index is 321. The Labute approximate surface area is 89.7 Å². The summed E-state index contributed by atoms with van der Waals surface area (Å²) in [7, 11) is 0. The summed E-state index contributed by atoms with van der Waals surface area (Å²) in [5, 5.41) is 3.29. The van der Waals surface area contributed by atoms with Crippen LogP contribution in [0.1, 0.15) is 24.4 Å². The molecule has 0 bridgehead atoms. The molecular weight excluding hydrogens is 191 g/mol. The highest BCUT2D eigenvalue weighted by molar-refractivity contribution is 5.21. The van der Waals surface area contributed by atoms with Crippen LogP contribution in [0.5, 0.6) is 0 Å². The van der Waals surface area contributed by atoms with E-state index in [1.807, 2.05) is 6.07 Å². The van der Waals surface area contributed by atoms with E-state index >= 15 is 0 Å². The van der Waals surface area contributed by atoms with Gasteiger partial charge in [-0.25, -0.2) is 4.39 Å². The molecule has 1 aliphatic rings. The number of nitrogens with two attached hydrogens (primary N) is 1.